The van der Waals surface area contributed by atoms with Crippen molar-refractivity contribution >= 4 is 11.8 Å². The van der Waals surface area contributed by atoms with Crippen molar-refractivity contribution in [3.63, 3.8) is 0 Å². The largest absolute Gasteiger partial charge is 0.325 e. The van der Waals surface area contributed by atoms with Crippen LogP contribution in [0.15, 0.2) is 30.3 Å². The van der Waals surface area contributed by atoms with Crippen molar-refractivity contribution in [1.29, 1.82) is 0 Å². The first-order chi connectivity index (χ1) is 8.63. The first kappa shape index (κ1) is 12.7. The summed E-state index contributed by atoms with van der Waals surface area (Å²) in [6.07, 6.45) is 0.228. The minimum absolute atomic E-state index is 0.165. The van der Waals surface area contributed by atoms with Crippen LogP contribution in [-0.4, -0.2) is 42.4 Å². The lowest BCUT2D eigenvalue weighted by Crippen LogP contribution is -2.58. The Bertz CT molecular complexity index is 427. The number of nitrogens with one attached hydrogen (secondary N) is 1. The molecule has 0 aromatic heterocycles. The maximum Gasteiger partial charge on any atom is 0.240 e. The zero-order chi connectivity index (χ0) is 13.0. The molecule has 1 fully saturated rings. The van der Waals surface area contributed by atoms with Crippen molar-refractivity contribution in [2.24, 2.45) is 5.73 Å². The molecule has 0 unspecified atom stereocenters. The van der Waals surface area contributed by atoms with E-state index in [1.54, 1.807) is 0 Å². The molecule has 0 saturated carbocycles. The van der Waals surface area contributed by atoms with Crippen molar-refractivity contribution in [2.45, 2.75) is 12.5 Å². The van der Waals surface area contributed by atoms with Crippen LogP contribution in [0.25, 0.3) is 0 Å². The SMILES string of the molecule is NC1CN(CC(=O)NC(=O)Cc2ccccc2)C1. The lowest BCUT2D eigenvalue weighted by atomic mass is 10.1. The number of benzene rings is 1. The highest BCUT2D eigenvalue weighted by atomic mass is 16.2. The molecule has 3 N–H and O–H groups in total. The van der Waals surface area contributed by atoms with Gasteiger partial charge in [0.2, 0.25) is 11.8 Å². The number of nitrogens with two attached hydrogens (primary N) is 1. The number of imide groups is 1. The topological polar surface area (TPSA) is 75.4 Å². The number of nitrogens with zero attached hydrogens (tertiary/aromatic N) is 1. The monoisotopic (exact) mass is 247 g/mol. The van der Waals surface area contributed by atoms with Crippen LogP contribution in [0.4, 0.5) is 0 Å². The third-order valence-electron chi connectivity index (χ3n) is 2.84. The maximum atomic E-state index is 11.6. The van der Waals surface area contributed by atoms with Gasteiger partial charge in [0.25, 0.3) is 0 Å². The van der Waals surface area contributed by atoms with Gasteiger partial charge in [0.05, 0.1) is 13.0 Å². The molecule has 1 aromatic carbocycles. The van der Waals surface area contributed by atoms with Crippen LogP contribution >= 0.6 is 0 Å². The zero-order valence-corrected chi connectivity index (χ0v) is 10.1. The summed E-state index contributed by atoms with van der Waals surface area (Å²) >= 11 is 0. The summed E-state index contributed by atoms with van der Waals surface area (Å²) in [5.41, 5.74) is 6.50. The van der Waals surface area contributed by atoms with E-state index in [-0.39, 0.29) is 30.8 Å². The van der Waals surface area contributed by atoms with E-state index in [4.69, 9.17) is 5.73 Å². The molecule has 0 radical (unpaired) electrons. The van der Waals surface area contributed by atoms with Gasteiger partial charge in [-0.1, -0.05) is 30.3 Å². The second-order valence-corrected chi connectivity index (χ2v) is 4.59. The average molecular weight is 247 g/mol. The van der Waals surface area contributed by atoms with E-state index in [1.165, 1.54) is 0 Å². The van der Waals surface area contributed by atoms with Gasteiger partial charge in [-0.2, -0.15) is 0 Å². The molecule has 1 aromatic rings. The normalized spacial score (nSPS) is 16.1. The molecule has 2 amide bonds. The lowest BCUT2D eigenvalue weighted by Gasteiger charge is -2.35. The second kappa shape index (κ2) is 5.75. The Morgan fingerprint density at radius 3 is 2.50 bits per heavy atom. The molecule has 96 valence electrons. The Labute approximate surface area is 106 Å². The molecule has 1 aliphatic heterocycles. The summed E-state index contributed by atoms with van der Waals surface area (Å²) in [6, 6.07) is 9.51. The van der Waals surface area contributed by atoms with Crippen LogP contribution in [0, 0.1) is 0 Å². The Morgan fingerprint density at radius 2 is 1.89 bits per heavy atom. The van der Waals surface area contributed by atoms with Gasteiger partial charge in [0.1, 0.15) is 0 Å². The van der Waals surface area contributed by atoms with Crippen molar-refractivity contribution in [3.05, 3.63) is 35.9 Å². The van der Waals surface area contributed by atoms with Crippen LogP contribution in [-0.2, 0) is 16.0 Å². The molecule has 1 aliphatic rings. The molecule has 5 heteroatoms. The fourth-order valence-electron chi connectivity index (χ4n) is 1.96. The van der Waals surface area contributed by atoms with E-state index in [0.29, 0.717) is 0 Å². The molecular formula is C13H17N3O2. The average Bonchev–Trinajstić information content (AvgIpc) is 2.28. The molecule has 5 nitrogen and oxygen atoms in total. The van der Waals surface area contributed by atoms with Gasteiger partial charge in [0, 0.05) is 19.1 Å². The maximum absolute atomic E-state index is 11.6. The fraction of sp³-hybridized carbons (Fsp3) is 0.385. The van der Waals surface area contributed by atoms with Gasteiger partial charge in [-0.3, -0.25) is 19.8 Å². The van der Waals surface area contributed by atoms with Crippen molar-refractivity contribution < 1.29 is 9.59 Å². The van der Waals surface area contributed by atoms with E-state index in [2.05, 4.69) is 5.32 Å². The lowest BCUT2D eigenvalue weighted by molar-refractivity contribution is -0.131. The third kappa shape index (κ3) is 3.65. The highest BCUT2D eigenvalue weighted by Gasteiger charge is 2.25. The molecule has 0 aliphatic carbocycles. The number of likely N-dealkylation sites (tertiary alicyclic amines) is 1. The first-order valence-corrected chi connectivity index (χ1v) is 5.98. The van der Waals surface area contributed by atoms with Crippen LogP contribution in [0.2, 0.25) is 0 Å². The zero-order valence-electron chi connectivity index (χ0n) is 10.1. The minimum atomic E-state index is -0.268. The standard InChI is InChI=1S/C13H17N3O2/c14-11-7-16(8-11)9-13(18)15-12(17)6-10-4-2-1-3-5-10/h1-5,11H,6-9,14H2,(H,15,17,18). The predicted molar refractivity (Wildman–Crippen MR) is 67.7 cm³/mol. The summed E-state index contributed by atoms with van der Waals surface area (Å²) in [4.78, 5) is 25.1. The van der Waals surface area contributed by atoms with Crippen molar-refractivity contribution in [3.8, 4) is 0 Å². The van der Waals surface area contributed by atoms with Crippen molar-refractivity contribution in [2.75, 3.05) is 19.6 Å². The number of hydrogen-bond acceptors (Lipinski definition) is 4. The van der Waals surface area contributed by atoms with E-state index < -0.39 is 0 Å². The summed E-state index contributed by atoms with van der Waals surface area (Å²) in [5.74, 6) is -0.529. The van der Waals surface area contributed by atoms with Gasteiger partial charge in [0.15, 0.2) is 0 Å². The Balaban J connectivity index is 1.72. The fourth-order valence-corrected chi connectivity index (χ4v) is 1.96. The molecule has 2 rings (SSSR count). The van der Waals surface area contributed by atoms with Gasteiger partial charge in [-0.15, -0.1) is 0 Å². The number of hydrogen-bond donors (Lipinski definition) is 2. The first-order valence-electron chi connectivity index (χ1n) is 5.98. The molecule has 0 bridgehead atoms. The summed E-state index contributed by atoms with van der Waals surface area (Å²) < 4.78 is 0. The van der Waals surface area contributed by atoms with Gasteiger partial charge >= 0.3 is 0 Å². The van der Waals surface area contributed by atoms with Crippen molar-refractivity contribution in [1.82, 2.24) is 10.2 Å². The third-order valence-corrected chi connectivity index (χ3v) is 2.84. The van der Waals surface area contributed by atoms with Gasteiger partial charge in [-0.25, -0.2) is 0 Å². The smallest absolute Gasteiger partial charge is 0.240 e. The highest BCUT2D eigenvalue weighted by molar-refractivity contribution is 5.96. The predicted octanol–water partition coefficient (Wildman–Crippen LogP) is -0.485. The number of carbonyl (C=O) groups is 2. The summed E-state index contributed by atoms with van der Waals surface area (Å²) in [7, 11) is 0. The summed E-state index contributed by atoms with van der Waals surface area (Å²) in [6.45, 7) is 1.69. The Kier molecular flexibility index (Phi) is 4.07. The summed E-state index contributed by atoms with van der Waals surface area (Å²) in [5, 5.41) is 2.38. The molecule has 1 saturated heterocycles. The molecule has 18 heavy (non-hydrogen) atoms. The van der Waals surface area contributed by atoms with E-state index in [1.807, 2.05) is 35.2 Å². The number of carbonyl (C=O) groups excluding carboxylic acids is 2. The van der Waals surface area contributed by atoms with Gasteiger partial charge in [-0.05, 0) is 5.56 Å². The number of rotatable bonds is 4. The molecule has 1 heterocycles. The highest BCUT2D eigenvalue weighted by Crippen LogP contribution is 2.03. The van der Waals surface area contributed by atoms with Crippen LogP contribution in [0.5, 0.6) is 0 Å². The van der Waals surface area contributed by atoms with Crippen LogP contribution in [0.3, 0.4) is 0 Å². The quantitative estimate of drug-likeness (QED) is 0.753. The van der Waals surface area contributed by atoms with Gasteiger partial charge < -0.3 is 5.73 Å². The van der Waals surface area contributed by atoms with E-state index in [9.17, 15) is 9.59 Å². The Morgan fingerprint density at radius 1 is 1.22 bits per heavy atom. The molecule has 0 spiro atoms. The minimum Gasteiger partial charge on any atom is -0.325 e. The molecular weight excluding hydrogens is 230 g/mol. The second-order valence-electron chi connectivity index (χ2n) is 4.59. The molecule has 0 atom stereocenters. The van der Waals surface area contributed by atoms with E-state index in [0.717, 1.165) is 18.7 Å². The van der Waals surface area contributed by atoms with Crippen LogP contribution in [0.1, 0.15) is 5.56 Å². The Hall–Kier alpha value is -1.72. The van der Waals surface area contributed by atoms with E-state index >= 15 is 0 Å². The van der Waals surface area contributed by atoms with Crippen LogP contribution < -0.4 is 11.1 Å². The number of amides is 2.